The lowest BCUT2D eigenvalue weighted by atomic mass is 9.73. The number of para-hydroxylation sites is 1. The Morgan fingerprint density at radius 3 is 2.36 bits per heavy atom. The molecule has 2 atom stereocenters. The molecule has 1 heterocycles. The molecule has 0 saturated carbocycles. The summed E-state index contributed by atoms with van der Waals surface area (Å²) in [5.41, 5.74) is -1.28. The second-order valence-corrected chi connectivity index (χ2v) is 8.06. The molecule has 0 bridgehead atoms. The number of hydrogen-bond acceptors (Lipinski definition) is 9. The number of benzene rings is 2. The van der Waals surface area contributed by atoms with Crippen LogP contribution >= 0.6 is 0 Å². The van der Waals surface area contributed by atoms with Gasteiger partial charge < -0.3 is 4.74 Å². The average Bonchev–Trinajstić information content (AvgIpc) is 3.19. The predicted octanol–water partition coefficient (Wildman–Crippen LogP) is 3.23. The van der Waals surface area contributed by atoms with Gasteiger partial charge >= 0.3 is 5.70 Å². The van der Waals surface area contributed by atoms with E-state index in [1.54, 1.807) is 37.3 Å². The van der Waals surface area contributed by atoms with Crippen LogP contribution in [0.1, 0.15) is 35.6 Å². The molecule has 0 spiro atoms. The highest BCUT2D eigenvalue weighted by atomic mass is 16.6. The molecule has 2 aromatic carbocycles. The zero-order chi connectivity index (χ0) is 23.7. The third-order valence-electron chi connectivity index (χ3n) is 6.54. The van der Waals surface area contributed by atoms with Gasteiger partial charge in [-0.05, 0) is 31.0 Å². The first-order chi connectivity index (χ1) is 15.7. The lowest BCUT2D eigenvalue weighted by Gasteiger charge is -2.38. The van der Waals surface area contributed by atoms with Crippen LogP contribution in [0.25, 0.3) is 5.70 Å². The first kappa shape index (κ1) is 20.7. The summed E-state index contributed by atoms with van der Waals surface area (Å²) in [7, 11) is 1.19. The van der Waals surface area contributed by atoms with Gasteiger partial charge in [0.2, 0.25) is 6.10 Å². The summed E-state index contributed by atoms with van der Waals surface area (Å²) in [6.45, 7) is 1.55. The maximum absolute atomic E-state index is 12.5. The molecule has 12 heteroatoms. The molecule has 5 rings (SSSR count). The molecule has 0 amide bonds. The Bertz CT molecular complexity index is 1320. The molecule has 0 aromatic heterocycles. The highest BCUT2D eigenvalue weighted by Gasteiger charge is 2.67. The van der Waals surface area contributed by atoms with Crippen molar-refractivity contribution >= 4 is 22.8 Å². The summed E-state index contributed by atoms with van der Waals surface area (Å²) in [6, 6.07) is 9.90. The van der Waals surface area contributed by atoms with Gasteiger partial charge in [0, 0.05) is 35.6 Å². The van der Waals surface area contributed by atoms with Crippen molar-refractivity contribution in [1.82, 2.24) is 0 Å². The minimum atomic E-state index is -1.94. The summed E-state index contributed by atoms with van der Waals surface area (Å²) in [6.07, 6.45) is -1.43. The van der Waals surface area contributed by atoms with E-state index in [2.05, 4.69) is 5.10 Å². The van der Waals surface area contributed by atoms with Crippen LogP contribution in [0.5, 0.6) is 0 Å². The van der Waals surface area contributed by atoms with Crippen molar-refractivity contribution in [3.63, 3.8) is 0 Å². The maximum atomic E-state index is 12.5. The smallest absolute Gasteiger partial charge is 0.308 e. The van der Waals surface area contributed by atoms with Crippen LogP contribution in [0.3, 0.4) is 0 Å². The van der Waals surface area contributed by atoms with E-state index >= 15 is 0 Å². The van der Waals surface area contributed by atoms with Gasteiger partial charge in [-0.3, -0.25) is 30.3 Å². The molecular weight excluding hydrogens is 434 g/mol. The number of aryl methyl sites for hydroxylation is 1. The van der Waals surface area contributed by atoms with E-state index in [4.69, 9.17) is 4.74 Å². The summed E-state index contributed by atoms with van der Waals surface area (Å²) >= 11 is 0. The van der Waals surface area contributed by atoms with E-state index in [1.807, 2.05) is 0 Å². The largest absolute Gasteiger partial charge is 0.363 e. The van der Waals surface area contributed by atoms with Crippen LogP contribution in [0.4, 0.5) is 11.4 Å². The molecule has 2 aliphatic carbocycles. The number of nitrogens with zero attached hydrogens (tertiary/aromatic N) is 5. The van der Waals surface area contributed by atoms with Crippen molar-refractivity contribution in [3.8, 4) is 0 Å². The van der Waals surface area contributed by atoms with E-state index < -0.39 is 32.1 Å². The quantitative estimate of drug-likeness (QED) is 0.496. The lowest BCUT2D eigenvalue weighted by molar-refractivity contribution is -0.599. The number of nitro groups is 3. The normalized spacial score (nSPS) is 22.7. The van der Waals surface area contributed by atoms with Crippen LogP contribution in [0, 0.1) is 30.3 Å². The van der Waals surface area contributed by atoms with Gasteiger partial charge in [0.1, 0.15) is 0 Å². The fourth-order valence-electron chi connectivity index (χ4n) is 5.34. The van der Waals surface area contributed by atoms with Gasteiger partial charge in [-0.2, -0.15) is 5.10 Å². The van der Waals surface area contributed by atoms with Crippen molar-refractivity contribution in [2.75, 3.05) is 12.1 Å². The highest BCUT2D eigenvalue weighted by Crippen LogP contribution is 2.57. The molecule has 0 radical (unpaired) electrons. The molecule has 2 unspecified atom stereocenters. The fraction of sp³-hybridized carbons (Fsp3) is 0.286. The van der Waals surface area contributed by atoms with Gasteiger partial charge in [0.05, 0.1) is 26.8 Å². The van der Waals surface area contributed by atoms with Crippen LogP contribution < -0.4 is 5.01 Å². The molecule has 0 N–H and O–H groups in total. The molecule has 3 aliphatic rings. The minimum absolute atomic E-state index is 0.0435. The van der Waals surface area contributed by atoms with Crippen LogP contribution in [0.2, 0.25) is 0 Å². The topological polar surface area (TPSA) is 154 Å². The molecule has 0 saturated heterocycles. The first-order valence-corrected chi connectivity index (χ1v) is 10.1. The van der Waals surface area contributed by atoms with Gasteiger partial charge in [-0.1, -0.05) is 18.2 Å². The van der Waals surface area contributed by atoms with Gasteiger partial charge in [-0.25, -0.2) is 5.01 Å². The van der Waals surface area contributed by atoms with Crippen molar-refractivity contribution in [2.45, 2.75) is 31.4 Å². The van der Waals surface area contributed by atoms with Gasteiger partial charge in [-0.15, -0.1) is 0 Å². The van der Waals surface area contributed by atoms with Crippen molar-refractivity contribution in [2.24, 2.45) is 5.10 Å². The number of hydrazone groups is 1. The Hall–Kier alpha value is -4.19. The number of anilines is 1. The molecule has 2 aromatic rings. The fourth-order valence-corrected chi connectivity index (χ4v) is 5.34. The van der Waals surface area contributed by atoms with Crippen LogP contribution in [-0.4, -0.2) is 33.7 Å². The van der Waals surface area contributed by atoms with Gasteiger partial charge in [0.25, 0.3) is 11.2 Å². The number of methoxy groups -OCH3 is 1. The standard InChI is InChI=1S/C21H17N5O7/c1-11-15-14(24(27)28)10-12-8-9-21(26(31)32)17(12)16(15)18(19(25(29)30)20(21)33-2)23(22-11)13-6-4-3-5-7-13/h3-7,10,20H,8-9H2,1-2H3. The summed E-state index contributed by atoms with van der Waals surface area (Å²) < 4.78 is 5.46. The third-order valence-corrected chi connectivity index (χ3v) is 6.54. The van der Waals surface area contributed by atoms with Gasteiger partial charge in [0.15, 0.2) is 5.70 Å². The maximum Gasteiger partial charge on any atom is 0.308 e. The molecule has 1 aliphatic heterocycles. The van der Waals surface area contributed by atoms with Crippen LogP contribution in [0.15, 0.2) is 47.2 Å². The summed E-state index contributed by atoms with van der Waals surface area (Å²) in [4.78, 5) is 35.0. The van der Waals surface area contributed by atoms with Crippen molar-refractivity contribution in [3.05, 3.63) is 94.7 Å². The van der Waals surface area contributed by atoms with Crippen molar-refractivity contribution < 1.29 is 19.5 Å². The van der Waals surface area contributed by atoms with E-state index in [9.17, 15) is 30.3 Å². The van der Waals surface area contributed by atoms with E-state index in [0.29, 0.717) is 11.3 Å². The monoisotopic (exact) mass is 451 g/mol. The first-order valence-electron chi connectivity index (χ1n) is 10.1. The zero-order valence-corrected chi connectivity index (χ0v) is 17.5. The number of hydrogen-bond donors (Lipinski definition) is 0. The second kappa shape index (κ2) is 6.90. The Morgan fingerprint density at radius 2 is 1.79 bits per heavy atom. The number of ether oxygens (including phenoxy) is 1. The predicted molar refractivity (Wildman–Crippen MR) is 116 cm³/mol. The molecular formula is C21H17N5O7. The van der Waals surface area contributed by atoms with E-state index in [1.165, 1.54) is 18.2 Å². The van der Waals surface area contributed by atoms with E-state index in [0.717, 1.165) is 0 Å². The third kappa shape index (κ3) is 2.52. The Balaban J connectivity index is 2.01. The highest BCUT2D eigenvalue weighted by molar-refractivity contribution is 6.12. The second-order valence-electron chi connectivity index (χ2n) is 8.06. The molecule has 168 valence electrons. The summed E-state index contributed by atoms with van der Waals surface area (Å²) in [5.74, 6) is 0. The average molecular weight is 451 g/mol. The van der Waals surface area contributed by atoms with Crippen LogP contribution in [-0.2, 0) is 16.7 Å². The van der Waals surface area contributed by atoms with E-state index in [-0.39, 0.29) is 46.6 Å². The Labute approximate surface area is 186 Å². The number of rotatable bonds is 5. The minimum Gasteiger partial charge on any atom is -0.363 e. The Morgan fingerprint density at radius 1 is 1.09 bits per heavy atom. The zero-order valence-electron chi connectivity index (χ0n) is 17.5. The molecule has 33 heavy (non-hydrogen) atoms. The Kier molecular flexibility index (Phi) is 4.33. The SMILES string of the molecule is COC1C([N+](=O)[O-])=C2c3c(c([N+](=O)[O-])cc4c3C1([N+](=O)[O-])CC4)C(C)=NN2c1ccccc1. The number of nitro benzene ring substituents is 1. The lowest BCUT2D eigenvalue weighted by Crippen LogP contribution is -2.52. The summed E-state index contributed by atoms with van der Waals surface area (Å²) in [5, 5.41) is 42.7. The molecule has 0 fully saturated rings. The van der Waals surface area contributed by atoms with Crippen molar-refractivity contribution in [1.29, 1.82) is 0 Å². The molecule has 12 nitrogen and oxygen atoms in total.